The molecule has 0 atom stereocenters. The minimum atomic E-state index is -0.191. The molecule has 0 fully saturated rings. The van der Waals surface area contributed by atoms with Gasteiger partial charge in [-0.3, -0.25) is 9.78 Å². The molecule has 0 spiro atoms. The molecule has 2 aromatic heterocycles. The normalized spacial score (nSPS) is 10.8. The van der Waals surface area contributed by atoms with Gasteiger partial charge >= 0.3 is 0 Å². The Morgan fingerprint density at radius 3 is 2.70 bits per heavy atom. The van der Waals surface area contributed by atoms with E-state index >= 15 is 0 Å². The van der Waals surface area contributed by atoms with Crippen molar-refractivity contribution < 1.29 is 9.53 Å². The molecule has 5 nitrogen and oxygen atoms in total. The maximum absolute atomic E-state index is 11.9. The van der Waals surface area contributed by atoms with Crippen LogP contribution in [0.5, 0.6) is 0 Å². The molecule has 0 aliphatic rings. The number of rotatable bonds is 6. The van der Waals surface area contributed by atoms with Gasteiger partial charge in [-0.1, -0.05) is 0 Å². The number of hydrogen-bond acceptors (Lipinski definition) is 4. The number of nitrogens with one attached hydrogen (secondary N) is 1. The van der Waals surface area contributed by atoms with Gasteiger partial charge in [-0.25, -0.2) is 4.98 Å². The molecule has 0 bridgehead atoms. The van der Waals surface area contributed by atoms with E-state index in [1.807, 2.05) is 39.0 Å². The van der Waals surface area contributed by atoms with E-state index in [0.717, 1.165) is 22.5 Å². The van der Waals surface area contributed by atoms with Crippen LogP contribution in [0.3, 0.4) is 0 Å². The number of carbonyl (C=O) groups is 1. The Morgan fingerprint density at radius 1 is 1.26 bits per heavy atom. The second-order valence-corrected chi connectivity index (χ2v) is 5.77. The first-order valence-corrected chi connectivity index (χ1v) is 7.73. The van der Waals surface area contributed by atoms with Crippen LogP contribution in [-0.4, -0.2) is 29.0 Å². The summed E-state index contributed by atoms with van der Waals surface area (Å²) in [7, 11) is 1.60. The van der Waals surface area contributed by atoms with Gasteiger partial charge in [-0.2, -0.15) is 0 Å². The van der Waals surface area contributed by atoms with Crippen LogP contribution in [0.2, 0.25) is 0 Å². The van der Waals surface area contributed by atoms with E-state index < -0.39 is 0 Å². The number of amides is 1. The van der Waals surface area contributed by atoms with Crippen LogP contribution in [0.15, 0.2) is 30.5 Å². The summed E-state index contributed by atoms with van der Waals surface area (Å²) in [6.07, 6.45) is 2.58. The second-order valence-electron chi connectivity index (χ2n) is 5.77. The molecule has 0 unspecified atom stereocenters. The molecular formula is C18H23N3O2. The summed E-state index contributed by atoms with van der Waals surface area (Å²) in [5.41, 5.74) is 4.30. The van der Waals surface area contributed by atoms with E-state index in [9.17, 15) is 4.79 Å². The summed E-state index contributed by atoms with van der Waals surface area (Å²) in [6.45, 7) is 6.40. The summed E-state index contributed by atoms with van der Waals surface area (Å²) in [5.74, 6) is -0.191. The van der Waals surface area contributed by atoms with Gasteiger partial charge in [0, 0.05) is 31.1 Å². The summed E-state index contributed by atoms with van der Waals surface area (Å²) in [5, 5.41) is 2.62. The first kappa shape index (κ1) is 17.1. The summed E-state index contributed by atoms with van der Waals surface area (Å²) in [4.78, 5) is 20.6. The Morgan fingerprint density at radius 2 is 2.04 bits per heavy atom. The van der Waals surface area contributed by atoms with Crippen molar-refractivity contribution in [3.63, 3.8) is 0 Å². The van der Waals surface area contributed by atoms with Gasteiger partial charge in [-0.05, 0) is 56.2 Å². The minimum Gasteiger partial charge on any atom is -0.374 e. The monoisotopic (exact) mass is 313 g/mol. The molecule has 122 valence electrons. The van der Waals surface area contributed by atoms with Crippen LogP contribution in [0.4, 0.5) is 0 Å². The van der Waals surface area contributed by atoms with Crippen molar-refractivity contribution in [2.45, 2.75) is 39.9 Å². The molecule has 1 N–H and O–H groups in total. The molecule has 0 aliphatic carbocycles. The van der Waals surface area contributed by atoms with Gasteiger partial charge in [0.1, 0.15) is 5.69 Å². The average molecular weight is 313 g/mol. The van der Waals surface area contributed by atoms with Crippen molar-refractivity contribution >= 4 is 5.91 Å². The van der Waals surface area contributed by atoms with Crippen molar-refractivity contribution in [1.29, 1.82) is 0 Å². The lowest BCUT2D eigenvalue weighted by Crippen LogP contribution is -2.20. The molecule has 0 saturated heterocycles. The summed E-state index contributed by atoms with van der Waals surface area (Å²) < 4.78 is 5.65. The van der Waals surface area contributed by atoms with Crippen LogP contribution < -0.4 is 5.32 Å². The third-order valence-corrected chi connectivity index (χ3v) is 3.33. The van der Waals surface area contributed by atoms with E-state index in [-0.39, 0.29) is 12.0 Å². The van der Waals surface area contributed by atoms with E-state index in [4.69, 9.17) is 4.74 Å². The van der Waals surface area contributed by atoms with Crippen LogP contribution in [0.25, 0.3) is 0 Å². The predicted octanol–water partition coefficient (Wildman–Crippen LogP) is 2.66. The molecule has 0 saturated carbocycles. The van der Waals surface area contributed by atoms with E-state index in [0.29, 0.717) is 18.7 Å². The minimum absolute atomic E-state index is 0.137. The molecule has 23 heavy (non-hydrogen) atoms. The maximum atomic E-state index is 11.9. The van der Waals surface area contributed by atoms with Crippen molar-refractivity contribution in [2.75, 3.05) is 7.05 Å². The molecule has 2 heterocycles. The van der Waals surface area contributed by atoms with E-state index in [1.54, 1.807) is 19.3 Å². The van der Waals surface area contributed by atoms with E-state index in [2.05, 4.69) is 15.3 Å². The third kappa shape index (κ3) is 5.14. The number of pyridine rings is 2. The van der Waals surface area contributed by atoms with Crippen LogP contribution in [-0.2, 0) is 17.8 Å². The fourth-order valence-corrected chi connectivity index (χ4v) is 2.26. The predicted molar refractivity (Wildman–Crippen MR) is 89.3 cm³/mol. The zero-order chi connectivity index (χ0) is 16.8. The smallest absolute Gasteiger partial charge is 0.269 e. The number of carbonyl (C=O) groups excluding carboxylic acids is 1. The lowest BCUT2D eigenvalue weighted by Gasteiger charge is -2.11. The lowest BCUT2D eigenvalue weighted by atomic mass is 10.1. The summed E-state index contributed by atoms with van der Waals surface area (Å²) in [6, 6.07) is 7.76. The molecule has 0 aromatic carbocycles. The number of nitrogens with zero attached hydrogens (tertiary/aromatic N) is 2. The van der Waals surface area contributed by atoms with Gasteiger partial charge in [-0.15, -0.1) is 0 Å². The molecule has 1 amide bonds. The van der Waals surface area contributed by atoms with Crippen molar-refractivity contribution in [3.05, 3.63) is 58.7 Å². The number of hydrogen-bond donors (Lipinski definition) is 1. The first-order valence-electron chi connectivity index (χ1n) is 7.73. The third-order valence-electron chi connectivity index (χ3n) is 3.33. The zero-order valence-corrected chi connectivity index (χ0v) is 14.1. The number of aromatic nitrogens is 2. The van der Waals surface area contributed by atoms with Crippen LogP contribution in [0.1, 0.15) is 46.9 Å². The van der Waals surface area contributed by atoms with Gasteiger partial charge < -0.3 is 10.1 Å². The van der Waals surface area contributed by atoms with Crippen molar-refractivity contribution in [3.8, 4) is 0 Å². The quantitative estimate of drug-likeness (QED) is 0.890. The molecular weight excluding hydrogens is 290 g/mol. The fourth-order valence-electron chi connectivity index (χ4n) is 2.26. The largest absolute Gasteiger partial charge is 0.374 e. The van der Waals surface area contributed by atoms with Crippen LogP contribution in [0, 0.1) is 6.92 Å². The van der Waals surface area contributed by atoms with Gasteiger partial charge in [0.2, 0.25) is 0 Å². The highest BCUT2D eigenvalue weighted by Gasteiger charge is 2.10. The zero-order valence-electron chi connectivity index (χ0n) is 14.1. The Labute approximate surface area is 137 Å². The van der Waals surface area contributed by atoms with Crippen LogP contribution >= 0.6 is 0 Å². The first-order chi connectivity index (χ1) is 11.0. The SMILES string of the molecule is CNC(=O)c1cc(COC(C)C)cc(Cc2ccnc(C)c2)n1. The standard InChI is InChI=1S/C18H23N3O2/c1-12(2)23-11-15-9-16(21-17(10-15)18(22)19-4)8-14-5-6-20-13(3)7-14/h5-7,9-10,12H,8,11H2,1-4H3,(H,19,22). The Bertz CT molecular complexity index is 684. The molecule has 2 rings (SSSR count). The average Bonchev–Trinajstić information content (AvgIpc) is 2.52. The van der Waals surface area contributed by atoms with Gasteiger partial charge in [0.15, 0.2) is 0 Å². The summed E-state index contributed by atoms with van der Waals surface area (Å²) >= 11 is 0. The van der Waals surface area contributed by atoms with Crippen molar-refractivity contribution in [2.24, 2.45) is 0 Å². The maximum Gasteiger partial charge on any atom is 0.269 e. The Kier molecular flexibility index (Phi) is 5.82. The Balaban J connectivity index is 2.29. The number of ether oxygens (including phenoxy) is 1. The Hall–Kier alpha value is -2.27. The molecule has 5 heteroatoms. The molecule has 0 aliphatic heterocycles. The lowest BCUT2D eigenvalue weighted by molar-refractivity contribution is 0.0655. The number of aryl methyl sites for hydroxylation is 1. The van der Waals surface area contributed by atoms with Crippen molar-refractivity contribution in [1.82, 2.24) is 15.3 Å². The second kappa shape index (κ2) is 7.83. The highest BCUT2D eigenvalue weighted by molar-refractivity contribution is 5.92. The fraction of sp³-hybridized carbons (Fsp3) is 0.389. The topological polar surface area (TPSA) is 64.1 Å². The van der Waals surface area contributed by atoms with Gasteiger partial charge in [0.05, 0.1) is 12.7 Å². The van der Waals surface area contributed by atoms with Gasteiger partial charge in [0.25, 0.3) is 5.91 Å². The highest BCUT2D eigenvalue weighted by atomic mass is 16.5. The highest BCUT2D eigenvalue weighted by Crippen LogP contribution is 2.13. The molecule has 2 aromatic rings. The molecule has 0 radical (unpaired) electrons. The van der Waals surface area contributed by atoms with E-state index in [1.165, 1.54) is 0 Å².